The number of hydrogen-bond acceptors (Lipinski definition) is 2. The number of methoxy groups -OCH3 is 1. The van der Waals surface area contributed by atoms with Gasteiger partial charge >= 0.3 is 0 Å². The lowest BCUT2D eigenvalue weighted by Crippen LogP contribution is -2.32. The number of hydrogen-bond donors (Lipinski definition) is 1. The molecule has 0 saturated heterocycles. The summed E-state index contributed by atoms with van der Waals surface area (Å²) in [4.78, 5) is 11.6. The molecular weight excluding hydrogens is 209 g/mol. The van der Waals surface area contributed by atoms with Crippen LogP contribution in [0.5, 0.6) is 0 Å². The SMILES string of the molecule is COC(C)CNC(=O)c1cccc(C)c1F. The molecule has 0 aliphatic carbocycles. The molecular formula is C12H16FNO2. The molecule has 88 valence electrons. The maximum Gasteiger partial charge on any atom is 0.254 e. The van der Waals surface area contributed by atoms with E-state index in [1.165, 1.54) is 6.07 Å². The fourth-order valence-corrected chi connectivity index (χ4v) is 1.24. The van der Waals surface area contributed by atoms with Crippen molar-refractivity contribution in [2.45, 2.75) is 20.0 Å². The van der Waals surface area contributed by atoms with E-state index >= 15 is 0 Å². The zero-order valence-electron chi connectivity index (χ0n) is 9.71. The fraction of sp³-hybridized carbons (Fsp3) is 0.417. The van der Waals surface area contributed by atoms with Crippen molar-refractivity contribution in [3.8, 4) is 0 Å². The molecule has 0 bridgehead atoms. The largest absolute Gasteiger partial charge is 0.380 e. The number of rotatable bonds is 4. The Morgan fingerprint density at radius 2 is 2.25 bits per heavy atom. The van der Waals surface area contributed by atoms with Crippen LogP contribution in [0.15, 0.2) is 18.2 Å². The van der Waals surface area contributed by atoms with E-state index in [1.807, 2.05) is 6.92 Å². The summed E-state index contributed by atoms with van der Waals surface area (Å²) in [7, 11) is 1.56. The normalized spacial score (nSPS) is 12.2. The predicted molar refractivity (Wildman–Crippen MR) is 59.9 cm³/mol. The van der Waals surface area contributed by atoms with Gasteiger partial charge in [0.15, 0.2) is 0 Å². The van der Waals surface area contributed by atoms with Crippen LogP contribution < -0.4 is 5.32 Å². The average molecular weight is 225 g/mol. The summed E-state index contributed by atoms with van der Waals surface area (Å²) in [6, 6.07) is 4.76. The maximum absolute atomic E-state index is 13.6. The van der Waals surface area contributed by atoms with Gasteiger partial charge in [-0.25, -0.2) is 4.39 Å². The number of benzene rings is 1. The summed E-state index contributed by atoms with van der Waals surface area (Å²) in [5.74, 6) is -0.879. The molecule has 1 aromatic rings. The van der Waals surface area contributed by atoms with E-state index in [0.29, 0.717) is 12.1 Å². The lowest BCUT2D eigenvalue weighted by Gasteiger charge is -2.11. The third-order valence-corrected chi connectivity index (χ3v) is 2.39. The number of ether oxygens (including phenoxy) is 1. The molecule has 0 aliphatic rings. The minimum absolute atomic E-state index is 0.0725. The molecule has 1 aromatic carbocycles. The van der Waals surface area contributed by atoms with Crippen molar-refractivity contribution in [3.05, 3.63) is 35.1 Å². The number of amides is 1. The highest BCUT2D eigenvalue weighted by Gasteiger charge is 2.13. The number of halogens is 1. The molecule has 0 saturated carbocycles. The molecule has 1 amide bonds. The van der Waals surface area contributed by atoms with Crippen molar-refractivity contribution in [1.82, 2.24) is 5.32 Å². The summed E-state index contributed by atoms with van der Waals surface area (Å²) >= 11 is 0. The third kappa shape index (κ3) is 3.03. The van der Waals surface area contributed by atoms with Gasteiger partial charge in [-0.1, -0.05) is 12.1 Å². The van der Waals surface area contributed by atoms with Gasteiger partial charge in [-0.3, -0.25) is 4.79 Å². The third-order valence-electron chi connectivity index (χ3n) is 2.39. The quantitative estimate of drug-likeness (QED) is 0.850. The topological polar surface area (TPSA) is 38.3 Å². The second-order valence-corrected chi connectivity index (χ2v) is 3.69. The Hall–Kier alpha value is -1.42. The minimum atomic E-state index is -0.468. The van der Waals surface area contributed by atoms with Gasteiger partial charge in [0, 0.05) is 13.7 Å². The van der Waals surface area contributed by atoms with Gasteiger partial charge in [0.1, 0.15) is 5.82 Å². The predicted octanol–water partition coefficient (Wildman–Crippen LogP) is 1.90. The maximum atomic E-state index is 13.6. The first-order valence-corrected chi connectivity index (χ1v) is 5.12. The second-order valence-electron chi connectivity index (χ2n) is 3.69. The number of nitrogens with one attached hydrogen (secondary N) is 1. The van der Waals surface area contributed by atoms with E-state index in [0.717, 1.165) is 0 Å². The van der Waals surface area contributed by atoms with Crippen LogP contribution in [0.1, 0.15) is 22.8 Å². The van der Waals surface area contributed by atoms with Gasteiger partial charge < -0.3 is 10.1 Å². The zero-order valence-corrected chi connectivity index (χ0v) is 9.71. The molecule has 0 aromatic heterocycles. The van der Waals surface area contributed by atoms with Crippen LogP contribution in [0, 0.1) is 12.7 Å². The van der Waals surface area contributed by atoms with Crippen molar-refractivity contribution >= 4 is 5.91 Å². The second kappa shape index (κ2) is 5.61. The van der Waals surface area contributed by atoms with E-state index in [1.54, 1.807) is 26.2 Å². The standard InChI is InChI=1S/C12H16FNO2/c1-8-5-4-6-10(11(8)13)12(15)14-7-9(2)16-3/h4-6,9H,7H2,1-3H3,(H,14,15). The molecule has 0 heterocycles. The Bertz CT molecular complexity index is 379. The number of carbonyl (C=O) groups is 1. The Kier molecular flexibility index (Phi) is 4.43. The first kappa shape index (κ1) is 12.6. The summed E-state index contributed by atoms with van der Waals surface area (Å²) in [5.41, 5.74) is 0.538. The van der Waals surface area contributed by atoms with Gasteiger partial charge in [-0.15, -0.1) is 0 Å². The number of aryl methyl sites for hydroxylation is 1. The van der Waals surface area contributed by atoms with E-state index in [9.17, 15) is 9.18 Å². The van der Waals surface area contributed by atoms with Crippen LogP contribution in [0.3, 0.4) is 0 Å². The van der Waals surface area contributed by atoms with Crippen LogP contribution in [-0.2, 0) is 4.74 Å². The molecule has 0 spiro atoms. The molecule has 3 nitrogen and oxygen atoms in total. The lowest BCUT2D eigenvalue weighted by atomic mass is 10.1. The molecule has 1 N–H and O–H groups in total. The zero-order chi connectivity index (χ0) is 12.1. The average Bonchev–Trinajstić information content (AvgIpc) is 2.29. The van der Waals surface area contributed by atoms with Gasteiger partial charge in [0.2, 0.25) is 0 Å². The van der Waals surface area contributed by atoms with Crippen LogP contribution in [0.4, 0.5) is 4.39 Å². The Labute approximate surface area is 94.6 Å². The molecule has 0 aliphatic heterocycles. The first-order valence-electron chi connectivity index (χ1n) is 5.12. The molecule has 4 heteroatoms. The van der Waals surface area contributed by atoms with E-state index in [2.05, 4.69) is 5.32 Å². The summed E-state index contributed by atoms with van der Waals surface area (Å²) < 4.78 is 18.5. The highest BCUT2D eigenvalue weighted by atomic mass is 19.1. The van der Waals surface area contributed by atoms with Crippen LogP contribution >= 0.6 is 0 Å². The Morgan fingerprint density at radius 1 is 1.56 bits per heavy atom. The van der Waals surface area contributed by atoms with Crippen LogP contribution in [0.2, 0.25) is 0 Å². The van der Waals surface area contributed by atoms with Crippen molar-refractivity contribution in [2.75, 3.05) is 13.7 Å². The first-order chi connectivity index (χ1) is 7.56. The molecule has 16 heavy (non-hydrogen) atoms. The van der Waals surface area contributed by atoms with Crippen molar-refractivity contribution in [1.29, 1.82) is 0 Å². The number of carbonyl (C=O) groups excluding carboxylic acids is 1. The smallest absolute Gasteiger partial charge is 0.254 e. The summed E-state index contributed by atoms with van der Waals surface area (Å²) in [6.07, 6.45) is -0.0863. The minimum Gasteiger partial charge on any atom is -0.380 e. The summed E-state index contributed by atoms with van der Waals surface area (Å²) in [6.45, 7) is 3.82. The van der Waals surface area contributed by atoms with Gasteiger partial charge in [-0.05, 0) is 25.5 Å². The lowest BCUT2D eigenvalue weighted by molar-refractivity contribution is 0.0866. The van der Waals surface area contributed by atoms with Crippen LogP contribution in [0.25, 0.3) is 0 Å². The Balaban J connectivity index is 2.70. The van der Waals surface area contributed by atoms with E-state index < -0.39 is 11.7 Å². The van der Waals surface area contributed by atoms with Gasteiger partial charge in [0.25, 0.3) is 5.91 Å². The highest BCUT2D eigenvalue weighted by Crippen LogP contribution is 2.11. The monoisotopic (exact) mass is 225 g/mol. The molecule has 0 radical (unpaired) electrons. The van der Waals surface area contributed by atoms with Gasteiger partial charge in [-0.2, -0.15) is 0 Å². The van der Waals surface area contributed by atoms with E-state index in [-0.39, 0.29) is 11.7 Å². The fourth-order valence-electron chi connectivity index (χ4n) is 1.24. The highest BCUT2D eigenvalue weighted by molar-refractivity contribution is 5.94. The van der Waals surface area contributed by atoms with Crippen molar-refractivity contribution in [2.24, 2.45) is 0 Å². The van der Waals surface area contributed by atoms with Crippen LogP contribution in [-0.4, -0.2) is 25.7 Å². The molecule has 1 atom stereocenters. The molecule has 1 rings (SSSR count). The van der Waals surface area contributed by atoms with Crippen molar-refractivity contribution < 1.29 is 13.9 Å². The van der Waals surface area contributed by atoms with E-state index in [4.69, 9.17) is 4.74 Å². The van der Waals surface area contributed by atoms with Gasteiger partial charge in [0.05, 0.1) is 11.7 Å². The molecule has 0 fully saturated rings. The van der Waals surface area contributed by atoms with Crippen molar-refractivity contribution in [3.63, 3.8) is 0 Å². The summed E-state index contributed by atoms with van der Waals surface area (Å²) in [5, 5.41) is 2.61. The Morgan fingerprint density at radius 3 is 2.88 bits per heavy atom. The molecule has 1 unspecified atom stereocenters.